The Morgan fingerprint density at radius 1 is 1.54 bits per heavy atom. The monoisotopic (exact) mass is 348 g/mol. The van der Waals surface area contributed by atoms with Crippen LogP contribution in [0.4, 0.5) is 0 Å². The number of thioether (sulfide) groups is 1. The number of nitrogens with one attached hydrogen (secondary N) is 1. The minimum Gasteiger partial charge on any atom is -0.473 e. The van der Waals surface area contributed by atoms with E-state index in [-0.39, 0.29) is 12.0 Å². The normalized spacial score (nSPS) is 17.0. The second kappa shape index (κ2) is 8.14. The molecule has 0 bridgehead atoms. The van der Waals surface area contributed by atoms with E-state index in [0.29, 0.717) is 36.1 Å². The average molecular weight is 348 g/mol. The van der Waals surface area contributed by atoms with Crippen LogP contribution < -0.4 is 10.1 Å². The lowest BCUT2D eigenvalue weighted by Gasteiger charge is -2.12. The topological polar surface area (TPSA) is 90.1 Å². The Hall–Kier alpha value is -2.09. The molecule has 7 nitrogen and oxygen atoms in total. The fourth-order valence-corrected chi connectivity index (χ4v) is 3.47. The van der Waals surface area contributed by atoms with Gasteiger partial charge in [-0.25, -0.2) is 4.98 Å². The third-order valence-corrected chi connectivity index (χ3v) is 4.73. The largest absolute Gasteiger partial charge is 0.473 e. The Bertz CT molecular complexity index is 685. The van der Waals surface area contributed by atoms with Crippen molar-refractivity contribution >= 4 is 17.7 Å². The van der Waals surface area contributed by atoms with Crippen molar-refractivity contribution in [3.63, 3.8) is 0 Å². The predicted molar refractivity (Wildman–Crippen MR) is 90.3 cm³/mol. The van der Waals surface area contributed by atoms with E-state index in [2.05, 4.69) is 20.4 Å². The lowest BCUT2D eigenvalue weighted by Crippen LogP contribution is -2.25. The SMILES string of the molecule is Cc1noc(CCCNC(=O)c2ccnc(O[C@@H]3CCSC3)c2)n1. The van der Waals surface area contributed by atoms with E-state index in [4.69, 9.17) is 9.26 Å². The van der Waals surface area contributed by atoms with Crippen LogP contribution in [-0.2, 0) is 6.42 Å². The highest BCUT2D eigenvalue weighted by atomic mass is 32.2. The molecule has 0 aliphatic carbocycles. The summed E-state index contributed by atoms with van der Waals surface area (Å²) in [7, 11) is 0. The number of rotatable bonds is 7. The van der Waals surface area contributed by atoms with Crippen LogP contribution in [0.1, 0.15) is 34.9 Å². The first-order valence-electron chi connectivity index (χ1n) is 7.98. The average Bonchev–Trinajstić information content (AvgIpc) is 3.23. The molecule has 8 heteroatoms. The van der Waals surface area contributed by atoms with Crippen LogP contribution >= 0.6 is 11.8 Å². The zero-order valence-electron chi connectivity index (χ0n) is 13.5. The molecule has 1 saturated heterocycles. The fraction of sp³-hybridized carbons (Fsp3) is 0.500. The van der Waals surface area contributed by atoms with Crippen LogP contribution in [-0.4, -0.2) is 45.2 Å². The van der Waals surface area contributed by atoms with Crippen molar-refractivity contribution in [2.24, 2.45) is 0 Å². The molecule has 128 valence electrons. The van der Waals surface area contributed by atoms with Gasteiger partial charge in [0.25, 0.3) is 5.91 Å². The number of carbonyl (C=O) groups excluding carboxylic acids is 1. The van der Waals surface area contributed by atoms with Gasteiger partial charge >= 0.3 is 0 Å². The van der Waals surface area contributed by atoms with Gasteiger partial charge in [-0.2, -0.15) is 16.7 Å². The van der Waals surface area contributed by atoms with Gasteiger partial charge in [-0.3, -0.25) is 4.79 Å². The summed E-state index contributed by atoms with van der Waals surface area (Å²) < 4.78 is 10.8. The molecule has 1 N–H and O–H groups in total. The first-order chi connectivity index (χ1) is 11.7. The summed E-state index contributed by atoms with van der Waals surface area (Å²) in [5, 5.41) is 6.61. The van der Waals surface area contributed by atoms with Crippen molar-refractivity contribution in [2.75, 3.05) is 18.1 Å². The molecule has 24 heavy (non-hydrogen) atoms. The molecule has 0 saturated carbocycles. The minimum absolute atomic E-state index is 0.134. The number of carbonyl (C=O) groups is 1. The van der Waals surface area contributed by atoms with Gasteiger partial charge in [-0.15, -0.1) is 0 Å². The third kappa shape index (κ3) is 4.70. The minimum atomic E-state index is -0.134. The van der Waals surface area contributed by atoms with Crippen LogP contribution in [0.25, 0.3) is 0 Å². The van der Waals surface area contributed by atoms with Gasteiger partial charge in [0.15, 0.2) is 5.82 Å². The molecule has 1 amide bonds. The first-order valence-corrected chi connectivity index (χ1v) is 9.14. The number of amides is 1. The number of hydrogen-bond acceptors (Lipinski definition) is 7. The summed E-state index contributed by atoms with van der Waals surface area (Å²) in [4.78, 5) is 20.5. The maximum absolute atomic E-state index is 12.2. The zero-order chi connectivity index (χ0) is 16.8. The molecule has 1 atom stereocenters. The fourth-order valence-electron chi connectivity index (χ4n) is 2.38. The smallest absolute Gasteiger partial charge is 0.251 e. The second-order valence-electron chi connectivity index (χ2n) is 5.58. The molecule has 3 rings (SSSR count). The predicted octanol–water partition coefficient (Wildman–Crippen LogP) is 2.02. The highest BCUT2D eigenvalue weighted by Crippen LogP contribution is 2.22. The number of aromatic nitrogens is 3. The molecule has 1 aliphatic heterocycles. The van der Waals surface area contributed by atoms with Crippen molar-refractivity contribution in [3.8, 4) is 5.88 Å². The standard InChI is InChI=1S/C16H20N4O3S/c1-11-19-14(23-20-11)3-2-6-18-16(21)12-4-7-17-15(9-12)22-13-5-8-24-10-13/h4,7,9,13H,2-3,5-6,8,10H2,1H3,(H,18,21)/t13-/m1/s1. The Morgan fingerprint density at radius 3 is 3.21 bits per heavy atom. The number of hydrogen-bond donors (Lipinski definition) is 1. The van der Waals surface area contributed by atoms with E-state index in [1.54, 1.807) is 25.3 Å². The van der Waals surface area contributed by atoms with Gasteiger partial charge in [-0.05, 0) is 31.6 Å². The van der Waals surface area contributed by atoms with E-state index in [0.717, 1.165) is 24.3 Å². The highest BCUT2D eigenvalue weighted by Gasteiger charge is 2.18. The first kappa shape index (κ1) is 16.8. The number of pyridine rings is 1. The maximum atomic E-state index is 12.2. The van der Waals surface area contributed by atoms with Crippen molar-refractivity contribution in [3.05, 3.63) is 35.6 Å². The van der Waals surface area contributed by atoms with Gasteiger partial charge in [0, 0.05) is 36.5 Å². The summed E-state index contributed by atoms with van der Waals surface area (Å²) in [6.45, 7) is 2.32. The quantitative estimate of drug-likeness (QED) is 0.766. The molecule has 2 aromatic heterocycles. The van der Waals surface area contributed by atoms with Crippen LogP contribution in [0.2, 0.25) is 0 Å². The van der Waals surface area contributed by atoms with Crippen LogP contribution in [0.3, 0.4) is 0 Å². The van der Waals surface area contributed by atoms with Crippen molar-refractivity contribution in [2.45, 2.75) is 32.3 Å². The molecule has 3 heterocycles. The molecule has 0 spiro atoms. The van der Waals surface area contributed by atoms with E-state index in [1.165, 1.54) is 0 Å². The molecular formula is C16H20N4O3S. The lowest BCUT2D eigenvalue weighted by atomic mass is 10.2. The molecule has 2 aromatic rings. The molecule has 0 aromatic carbocycles. The summed E-state index contributed by atoms with van der Waals surface area (Å²) in [5.74, 6) is 3.69. The van der Waals surface area contributed by atoms with Gasteiger partial charge < -0.3 is 14.6 Å². The number of aryl methyl sites for hydroxylation is 2. The summed E-state index contributed by atoms with van der Waals surface area (Å²) in [5.41, 5.74) is 0.555. The van der Waals surface area contributed by atoms with Crippen molar-refractivity contribution in [1.82, 2.24) is 20.4 Å². The molecule has 1 fully saturated rings. The second-order valence-corrected chi connectivity index (χ2v) is 6.73. The van der Waals surface area contributed by atoms with E-state index in [9.17, 15) is 4.79 Å². The molecule has 0 unspecified atom stereocenters. The Morgan fingerprint density at radius 2 is 2.46 bits per heavy atom. The van der Waals surface area contributed by atoms with Crippen LogP contribution in [0.5, 0.6) is 5.88 Å². The summed E-state index contributed by atoms with van der Waals surface area (Å²) in [6, 6.07) is 3.38. The molecular weight excluding hydrogens is 328 g/mol. The van der Waals surface area contributed by atoms with Crippen LogP contribution in [0.15, 0.2) is 22.9 Å². The third-order valence-electron chi connectivity index (χ3n) is 3.59. The lowest BCUT2D eigenvalue weighted by molar-refractivity contribution is 0.0952. The number of nitrogens with zero attached hydrogens (tertiary/aromatic N) is 3. The van der Waals surface area contributed by atoms with E-state index >= 15 is 0 Å². The van der Waals surface area contributed by atoms with E-state index in [1.807, 2.05) is 11.8 Å². The van der Waals surface area contributed by atoms with Gasteiger partial charge in [0.1, 0.15) is 6.10 Å². The van der Waals surface area contributed by atoms with Gasteiger partial charge in [0.2, 0.25) is 11.8 Å². The van der Waals surface area contributed by atoms with E-state index < -0.39 is 0 Å². The van der Waals surface area contributed by atoms with Crippen LogP contribution in [0, 0.1) is 6.92 Å². The summed E-state index contributed by atoms with van der Waals surface area (Å²) in [6.07, 6.45) is 4.20. The Kier molecular flexibility index (Phi) is 5.68. The highest BCUT2D eigenvalue weighted by molar-refractivity contribution is 7.99. The zero-order valence-corrected chi connectivity index (χ0v) is 14.3. The molecule has 1 aliphatic rings. The van der Waals surface area contributed by atoms with Crippen molar-refractivity contribution < 1.29 is 14.1 Å². The van der Waals surface area contributed by atoms with Gasteiger partial charge in [0.05, 0.1) is 0 Å². The maximum Gasteiger partial charge on any atom is 0.251 e. The molecule has 0 radical (unpaired) electrons. The Balaban J connectivity index is 1.45. The van der Waals surface area contributed by atoms with Gasteiger partial charge in [-0.1, -0.05) is 5.16 Å². The van der Waals surface area contributed by atoms with Crippen molar-refractivity contribution in [1.29, 1.82) is 0 Å². The number of ether oxygens (including phenoxy) is 1. The summed E-state index contributed by atoms with van der Waals surface area (Å²) >= 11 is 1.88. The Labute approximate surface area is 144 Å².